The summed E-state index contributed by atoms with van der Waals surface area (Å²) in [6, 6.07) is 13.9. The van der Waals surface area contributed by atoms with Gasteiger partial charge in [-0.25, -0.2) is 0 Å². The fourth-order valence-electron chi connectivity index (χ4n) is 2.28. The molecule has 106 valence electrons. The van der Waals surface area contributed by atoms with Gasteiger partial charge in [-0.3, -0.25) is 4.79 Å². The second-order valence-corrected chi connectivity index (χ2v) is 5.07. The number of hydrogen-bond acceptors (Lipinski definition) is 2. The van der Waals surface area contributed by atoms with Gasteiger partial charge in [0.05, 0.1) is 0 Å². The maximum atomic E-state index is 12.3. The van der Waals surface area contributed by atoms with Gasteiger partial charge in [0, 0.05) is 25.8 Å². The number of hydrogen-bond donors (Lipinski definition) is 1. The van der Waals surface area contributed by atoms with Gasteiger partial charge in [-0.2, -0.15) is 0 Å². The monoisotopic (exact) mass is 271 g/mol. The summed E-state index contributed by atoms with van der Waals surface area (Å²) >= 11 is 0. The molecule has 0 aliphatic carbocycles. The number of amides is 1. The van der Waals surface area contributed by atoms with Crippen molar-refractivity contribution in [2.75, 3.05) is 20.2 Å². The van der Waals surface area contributed by atoms with E-state index in [1.807, 2.05) is 49.5 Å². The van der Waals surface area contributed by atoms with Gasteiger partial charge in [-0.15, -0.1) is 0 Å². The lowest BCUT2D eigenvalue weighted by Crippen LogP contribution is -2.27. The van der Waals surface area contributed by atoms with Crippen molar-refractivity contribution >= 4 is 16.7 Å². The first-order chi connectivity index (χ1) is 9.72. The highest BCUT2D eigenvalue weighted by Crippen LogP contribution is 2.16. The number of aliphatic hydroxyl groups is 1. The van der Waals surface area contributed by atoms with Crippen molar-refractivity contribution in [3.05, 3.63) is 48.0 Å². The molecule has 2 aromatic carbocycles. The number of unbranched alkanes of at least 4 members (excludes halogenated alkanes) is 2. The molecule has 0 aliphatic heterocycles. The topological polar surface area (TPSA) is 40.5 Å². The zero-order valence-corrected chi connectivity index (χ0v) is 11.9. The molecule has 0 aliphatic rings. The zero-order valence-electron chi connectivity index (χ0n) is 11.9. The molecule has 0 spiro atoms. The van der Waals surface area contributed by atoms with Crippen LogP contribution in [-0.4, -0.2) is 36.1 Å². The molecule has 3 nitrogen and oxygen atoms in total. The maximum absolute atomic E-state index is 12.3. The molecule has 0 radical (unpaired) electrons. The highest BCUT2D eigenvalue weighted by molar-refractivity contribution is 5.98. The van der Waals surface area contributed by atoms with Crippen LogP contribution in [0.1, 0.15) is 29.6 Å². The van der Waals surface area contributed by atoms with Crippen LogP contribution in [0.3, 0.4) is 0 Å². The summed E-state index contributed by atoms with van der Waals surface area (Å²) < 4.78 is 0. The second kappa shape index (κ2) is 7.06. The normalized spacial score (nSPS) is 10.7. The molecule has 0 heterocycles. The van der Waals surface area contributed by atoms with E-state index in [1.54, 1.807) is 4.90 Å². The maximum Gasteiger partial charge on any atom is 0.253 e. The van der Waals surface area contributed by atoms with Gasteiger partial charge in [0.1, 0.15) is 0 Å². The summed E-state index contributed by atoms with van der Waals surface area (Å²) in [5, 5.41) is 11.0. The number of benzene rings is 2. The first kappa shape index (κ1) is 14.5. The molecule has 20 heavy (non-hydrogen) atoms. The second-order valence-electron chi connectivity index (χ2n) is 5.07. The Morgan fingerprint density at radius 3 is 2.55 bits per heavy atom. The van der Waals surface area contributed by atoms with Crippen LogP contribution in [0.5, 0.6) is 0 Å². The van der Waals surface area contributed by atoms with E-state index in [9.17, 15) is 4.79 Å². The summed E-state index contributed by atoms with van der Waals surface area (Å²) in [5.41, 5.74) is 0.730. The highest BCUT2D eigenvalue weighted by atomic mass is 16.2. The quantitative estimate of drug-likeness (QED) is 0.820. The molecular weight excluding hydrogens is 250 g/mol. The largest absolute Gasteiger partial charge is 0.396 e. The molecular formula is C17H21NO2. The van der Waals surface area contributed by atoms with E-state index >= 15 is 0 Å². The Hall–Kier alpha value is -1.87. The lowest BCUT2D eigenvalue weighted by Gasteiger charge is -2.17. The highest BCUT2D eigenvalue weighted by Gasteiger charge is 2.11. The van der Waals surface area contributed by atoms with Crippen molar-refractivity contribution in [1.29, 1.82) is 0 Å². The van der Waals surface area contributed by atoms with Gasteiger partial charge in [-0.1, -0.05) is 30.3 Å². The van der Waals surface area contributed by atoms with Crippen molar-refractivity contribution in [3.63, 3.8) is 0 Å². The molecule has 0 aromatic heterocycles. The Bertz CT molecular complexity index is 580. The minimum absolute atomic E-state index is 0.0553. The number of aliphatic hydroxyl groups excluding tert-OH is 1. The third-order valence-corrected chi connectivity index (χ3v) is 3.49. The van der Waals surface area contributed by atoms with Crippen LogP contribution in [0, 0.1) is 0 Å². The molecule has 3 heteroatoms. The van der Waals surface area contributed by atoms with Crippen molar-refractivity contribution in [2.24, 2.45) is 0 Å². The Morgan fingerprint density at radius 2 is 1.80 bits per heavy atom. The van der Waals surface area contributed by atoms with E-state index in [0.29, 0.717) is 0 Å². The number of nitrogens with zero attached hydrogens (tertiary/aromatic N) is 1. The van der Waals surface area contributed by atoms with Crippen molar-refractivity contribution < 1.29 is 9.90 Å². The van der Waals surface area contributed by atoms with Gasteiger partial charge < -0.3 is 10.0 Å². The lowest BCUT2D eigenvalue weighted by atomic mass is 10.1. The molecule has 0 atom stereocenters. The number of carbonyl (C=O) groups excluding carboxylic acids is 1. The number of carbonyl (C=O) groups is 1. The standard InChI is InChI=1S/C17H21NO2/c1-18(11-5-2-6-12-19)17(20)16-10-9-14-7-3-4-8-15(14)13-16/h3-4,7-10,13,19H,2,5-6,11-12H2,1H3. The minimum atomic E-state index is 0.0553. The van der Waals surface area contributed by atoms with Crippen LogP contribution >= 0.6 is 0 Å². The predicted octanol–water partition coefficient (Wildman–Crippen LogP) is 3.07. The van der Waals surface area contributed by atoms with Gasteiger partial charge in [0.25, 0.3) is 5.91 Å². The molecule has 0 fully saturated rings. The van der Waals surface area contributed by atoms with Gasteiger partial charge in [0.15, 0.2) is 0 Å². The molecule has 2 rings (SSSR count). The van der Waals surface area contributed by atoms with Crippen LogP contribution in [0.15, 0.2) is 42.5 Å². The van der Waals surface area contributed by atoms with E-state index in [4.69, 9.17) is 5.11 Å². The summed E-state index contributed by atoms with van der Waals surface area (Å²) in [4.78, 5) is 14.1. The third-order valence-electron chi connectivity index (χ3n) is 3.49. The third kappa shape index (κ3) is 3.58. The fourth-order valence-corrected chi connectivity index (χ4v) is 2.28. The number of rotatable bonds is 6. The fraction of sp³-hybridized carbons (Fsp3) is 0.353. The van der Waals surface area contributed by atoms with Crippen LogP contribution in [0.25, 0.3) is 10.8 Å². The van der Waals surface area contributed by atoms with E-state index in [2.05, 4.69) is 0 Å². The Labute approximate surface area is 119 Å². The Kier molecular flexibility index (Phi) is 5.13. The predicted molar refractivity (Wildman–Crippen MR) is 81.8 cm³/mol. The average molecular weight is 271 g/mol. The van der Waals surface area contributed by atoms with Gasteiger partial charge >= 0.3 is 0 Å². The average Bonchev–Trinajstić information content (AvgIpc) is 2.50. The molecule has 0 saturated carbocycles. The van der Waals surface area contributed by atoms with Crippen molar-refractivity contribution in [1.82, 2.24) is 4.90 Å². The zero-order chi connectivity index (χ0) is 14.4. The van der Waals surface area contributed by atoms with E-state index in [1.165, 1.54) is 0 Å². The molecule has 1 amide bonds. The van der Waals surface area contributed by atoms with E-state index < -0.39 is 0 Å². The molecule has 2 aromatic rings. The van der Waals surface area contributed by atoms with E-state index in [0.717, 1.165) is 42.1 Å². The number of fused-ring (bicyclic) bond motifs is 1. The van der Waals surface area contributed by atoms with Gasteiger partial charge in [0.2, 0.25) is 0 Å². The Balaban J connectivity index is 2.02. The van der Waals surface area contributed by atoms with Crippen LogP contribution in [-0.2, 0) is 0 Å². The van der Waals surface area contributed by atoms with Crippen LogP contribution in [0.2, 0.25) is 0 Å². The minimum Gasteiger partial charge on any atom is -0.396 e. The van der Waals surface area contributed by atoms with Crippen LogP contribution in [0.4, 0.5) is 0 Å². The summed E-state index contributed by atoms with van der Waals surface area (Å²) in [6.45, 7) is 0.952. The first-order valence-electron chi connectivity index (χ1n) is 7.07. The SMILES string of the molecule is CN(CCCCCO)C(=O)c1ccc2ccccc2c1. The van der Waals surface area contributed by atoms with Crippen LogP contribution < -0.4 is 0 Å². The lowest BCUT2D eigenvalue weighted by molar-refractivity contribution is 0.0792. The van der Waals surface area contributed by atoms with Crippen molar-refractivity contribution in [2.45, 2.75) is 19.3 Å². The Morgan fingerprint density at radius 1 is 1.05 bits per heavy atom. The first-order valence-corrected chi connectivity index (χ1v) is 7.07. The molecule has 0 bridgehead atoms. The molecule has 0 unspecified atom stereocenters. The molecule has 1 N–H and O–H groups in total. The summed E-state index contributed by atoms with van der Waals surface area (Å²) in [5.74, 6) is 0.0553. The molecule has 0 saturated heterocycles. The van der Waals surface area contributed by atoms with Crippen molar-refractivity contribution in [3.8, 4) is 0 Å². The summed E-state index contributed by atoms with van der Waals surface area (Å²) in [7, 11) is 1.83. The van der Waals surface area contributed by atoms with Gasteiger partial charge in [-0.05, 0) is 42.2 Å². The summed E-state index contributed by atoms with van der Waals surface area (Å²) in [6.07, 6.45) is 2.68. The van der Waals surface area contributed by atoms with E-state index in [-0.39, 0.29) is 12.5 Å². The smallest absolute Gasteiger partial charge is 0.253 e.